The van der Waals surface area contributed by atoms with E-state index in [-0.39, 0.29) is 18.4 Å². The van der Waals surface area contributed by atoms with Gasteiger partial charge in [-0.3, -0.25) is 9.59 Å². The molecule has 0 aromatic carbocycles. The molecule has 3 fully saturated rings. The van der Waals surface area contributed by atoms with Gasteiger partial charge in [0.05, 0.1) is 6.54 Å². The maximum Gasteiger partial charge on any atom is 0.249 e. The van der Waals surface area contributed by atoms with E-state index in [4.69, 9.17) is 4.74 Å². The molecule has 3 aliphatic rings. The number of ether oxygens (including phenoxy) is 1. The van der Waals surface area contributed by atoms with E-state index < -0.39 is 5.54 Å². The van der Waals surface area contributed by atoms with Crippen LogP contribution in [0.25, 0.3) is 0 Å². The van der Waals surface area contributed by atoms with Gasteiger partial charge in [0, 0.05) is 32.1 Å². The molecule has 2 aliphatic heterocycles. The van der Waals surface area contributed by atoms with Gasteiger partial charge < -0.3 is 15.0 Å². The fourth-order valence-corrected chi connectivity index (χ4v) is 2.60. The molecule has 2 saturated heterocycles. The smallest absolute Gasteiger partial charge is 0.249 e. The van der Waals surface area contributed by atoms with Gasteiger partial charge in [-0.1, -0.05) is 0 Å². The molecule has 1 aliphatic carbocycles. The highest BCUT2D eigenvalue weighted by molar-refractivity contribution is 5.98. The maximum absolute atomic E-state index is 12.4. The predicted molar refractivity (Wildman–Crippen MR) is 55.7 cm³/mol. The van der Waals surface area contributed by atoms with Crippen LogP contribution >= 0.6 is 0 Å². The SMILES string of the molecule is O=C1CN(C2CC2)C(=O)C2(CCOCC2)N1. The summed E-state index contributed by atoms with van der Waals surface area (Å²) in [5.41, 5.74) is -0.657. The summed E-state index contributed by atoms with van der Waals surface area (Å²) in [5, 5.41) is 2.88. The van der Waals surface area contributed by atoms with Crippen molar-refractivity contribution in [3.8, 4) is 0 Å². The molecule has 88 valence electrons. The van der Waals surface area contributed by atoms with Crippen molar-refractivity contribution in [1.82, 2.24) is 10.2 Å². The molecule has 2 amide bonds. The molecule has 0 radical (unpaired) electrons. The minimum atomic E-state index is -0.657. The standard InChI is InChI=1S/C11H16N2O3/c14-9-7-13(8-1-2-8)10(15)11(12-9)3-5-16-6-4-11/h8H,1-7H2,(H,12,14). The van der Waals surface area contributed by atoms with Gasteiger partial charge in [-0.15, -0.1) is 0 Å². The number of piperazine rings is 1. The first-order valence-electron chi connectivity index (χ1n) is 5.91. The molecular formula is C11H16N2O3. The van der Waals surface area contributed by atoms with Crippen molar-refractivity contribution >= 4 is 11.8 Å². The maximum atomic E-state index is 12.4. The van der Waals surface area contributed by atoms with E-state index in [1.54, 1.807) is 4.90 Å². The zero-order chi connectivity index (χ0) is 11.2. The normalized spacial score (nSPS) is 29.4. The Bertz CT molecular complexity index is 332. The Kier molecular flexibility index (Phi) is 2.17. The van der Waals surface area contributed by atoms with Crippen LogP contribution in [0.4, 0.5) is 0 Å². The van der Waals surface area contributed by atoms with Crippen LogP contribution in [0.5, 0.6) is 0 Å². The summed E-state index contributed by atoms with van der Waals surface area (Å²) >= 11 is 0. The Labute approximate surface area is 94.1 Å². The Balaban J connectivity index is 1.85. The third kappa shape index (κ3) is 1.50. The van der Waals surface area contributed by atoms with Gasteiger partial charge >= 0.3 is 0 Å². The molecule has 0 bridgehead atoms. The molecule has 1 saturated carbocycles. The lowest BCUT2D eigenvalue weighted by atomic mass is 9.86. The van der Waals surface area contributed by atoms with Crippen LogP contribution in [-0.2, 0) is 14.3 Å². The van der Waals surface area contributed by atoms with Crippen LogP contribution in [0.2, 0.25) is 0 Å². The molecule has 1 spiro atoms. The van der Waals surface area contributed by atoms with Gasteiger partial charge in [-0.05, 0) is 12.8 Å². The highest BCUT2D eigenvalue weighted by Gasteiger charge is 2.50. The van der Waals surface area contributed by atoms with Crippen LogP contribution < -0.4 is 5.32 Å². The van der Waals surface area contributed by atoms with Crippen molar-refractivity contribution in [1.29, 1.82) is 0 Å². The highest BCUT2D eigenvalue weighted by atomic mass is 16.5. The summed E-state index contributed by atoms with van der Waals surface area (Å²) in [6.07, 6.45) is 3.32. The molecule has 5 heteroatoms. The number of nitrogens with one attached hydrogen (secondary N) is 1. The van der Waals surface area contributed by atoms with Gasteiger partial charge in [-0.2, -0.15) is 0 Å². The number of carbonyl (C=O) groups excluding carboxylic acids is 2. The molecular weight excluding hydrogens is 208 g/mol. The second-order valence-electron chi connectivity index (χ2n) is 4.91. The molecule has 5 nitrogen and oxygen atoms in total. The molecule has 0 unspecified atom stereocenters. The van der Waals surface area contributed by atoms with Crippen LogP contribution in [0, 0.1) is 0 Å². The largest absolute Gasteiger partial charge is 0.381 e. The lowest BCUT2D eigenvalue weighted by molar-refractivity contribution is -0.154. The molecule has 3 rings (SSSR count). The van der Waals surface area contributed by atoms with Crippen LogP contribution in [0.3, 0.4) is 0 Å². The Hall–Kier alpha value is -1.10. The highest BCUT2D eigenvalue weighted by Crippen LogP contribution is 2.33. The van der Waals surface area contributed by atoms with E-state index >= 15 is 0 Å². The number of amides is 2. The third-order valence-corrected chi connectivity index (χ3v) is 3.70. The first kappa shape index (κ1) is 10.1. The van der Waals surface area contributed by atoms with Crippen molar-refractivity contribution < 1.29 is 14.3 Å². The monoisotopic (exact) mass is 224 g/mol. The average molecular weight is 224 g/mol. The summed E-state index contributed by atoms with van der Waals surface area (Å²) < 4.78 is 5.27. The summed E-state index contributed by atoms with van der Waals surface area (Å²) in [6.45, 7) is 1.36. The number of hydrogen-bond donors (Lipinski definition) is 1. The minimum absolute atomic E-state index is 0.0200. The first-order valence-corrected chi connectivity index (χ1v) is 5.91. The van der Waals surface area contributed by atoms with Crippen LogP contribution in [-0.4, -0.2) is 48.1 Å². The molecule has 1 N–H and O–H groups in total. The van der Waals surface area contributed by atoms with Gasteiger partial charge in [0.15, 0.2) is 0 Å². The second-order valence-corrected chi connectivity index (χ2v) is 4.91. The van der Waals surface area contributed by atoms with Crippen molar-refractivity contribution in [2.24, 2.45) is 0 Å². The fourth-order valence-electron chi connectivity index (χ4n) is 2.60. The van der Waals surface area contributed by atoms with Crippen molar-refractivity contribution in [3.63, 3.8) is 0 Å². The first-order chi connectivity index (χ1) is 7.71. The van der Waals surface area contributed by atoms with Crippen LogP contribution in [0.1, 0.15) is 25.7 Å². The van der Waals surface area contributed by atoms with Crippen molar-refractivity contribution in [2.75, 3.05) is 19.8 Å². The summed E-state index contributed by atoms with van der Waals surface area (Å²) in [4.78, 5) is 25.8. The summed E-state index contributed by atoms with van der Waals surface area (Å²) in [7, 11) is 0. The molecule has 0 aromatic heterocycles. The van der Waals surface area contributed by atoms with E-state index in [9.17, 15) is 9.59 Å². The number of rotatable bonds is 1. The average Bonchev–Trinajstić information content (AvgIpc) is 3.08. The molecule has 2 heterocycles. The van der Waals surface area contributed by atoms with E-state index in [2.05, 4.69) is 5.32 Å². The second kappa shape index (κ2) is 3.45. The quantitative estimate of drug-likeness (QED) is 0.662. The van der Waals surface area contributed by atoms with Gasteiger partial charge in [0.1, 0.15) is 5.54 Å². The molecule has 0 aromatic rings. The fraction of sp³-hybridized carbons (Fsp3) is 0.818. The number of carbonyl (C=O) groups is 2. The Morgan fingerprint density at radius 3 is 2.56 bits per heavy atom. The summed E-state index contributed by atoms with van der Waals surface area (Å²) in [5.74, 6) is 0.0892. The lowest BCUT2D eigenvalue weighted by Gasteiger charge is -2.44. The number of nitrogens with zero attached hydrogens (tertiary/aromatic N) is 1. The Morgan fingerprint density at radius 2 is 1.94 bits per heavy atom. The molecule has 0 atom stereocenters. The minimum Gasteiger partial charge on any atom is -0.381 e. The zero-order valence-electron chi connectivity index (χ0n) is 9.20. The van der Waals surface area contributed by atoms with E-state index in [0.717, 1.165) is 12.8 Å². The number of hydrogen-bond acceptors (Lipinski definition) is 3. The summed E-state index contributed by atoms with van der Waals surface area (Å²) in [6, 6.07) is 0.318. The predicted octanol–water partition coefficient (Wildman–Crippen LogP) is -0.344. The van der Waals surface area contributed by atoms with Gasteiger partial charge in [-0.25, -0.2) is 0 Å². The van der Waals surface area contributed by atoms with E-state index in [1.807, 2.05) is 0 Å². The van der Waals surface area contributed by atoms with Crippen molar-refractivity contribution in [3.05, 3.63) is 0 Å². The van der Waals surface area contributed by atoms with Gasteiger partial charge in [0.25, 0.3) is 0 Å². The van der Waals surface area contributed by atoms with E-state index in [1.165, 1.54) is 0 Å². The zero-order valence-corrected chi connectivity index (χ0v) is 9.20. The van der Waals surface area contributed by atoms with Crippen molar-refractivity contribution in [2.45, 2.75) is 37.3 Å². The van der Waals surface area contributed by atoms with E-state index in [0.29, 0.717) is 32.1 Å². The van der Waals surface area contributed by atoms with Gasteiger partial charge in [0.2, 0.25) is 11.8 Å². The molecule has 16 heavy (non-hydrogen) atoms. The van der Waals surface area contributed by atoms with Crippen LogP contribution in [0.15, 0.2) is 0 Å². The lowest BCUT2D eigenvalue weighted by Crippen LogP contribution is -2.68. The third-order valence-electron chi connectivity index (χ3n) is 3.70. The topological polar surface area (TPSA) is 58.6 Å². The Morgan fingerprint density at radius 1 is 1.25 bits per heavy atom.